The molecule has 1 N–H and O–H groups in total. The molecule has 2 heteroatoms. The highest BCUT2D eigenvalue weighted by molar-refractivity contribution is 5.31. The second-order valence-electron chi connectivity index (χ2n) is 5.59. The maximum atomic E-state index is 5.38. The van der Waals surface area contributed by atoms with Gasteiger partial charge in [-0.1, -0.05) is 38.3 Å². The Morgan fingerprint density at radius 1 is 1.21 bits per heavy atom. The zero-order chi connectivity index (χ0) is 13.5. The molecule has 2 unspecified atom stereocenters. The molecule has 1 aliphatic carbocycles. The number of hydrogen-bond acceptors (Lipinski definition) is 2. The summed E-state index contributed by atoms with van der Waals surface area (Å²) in [6.45, 7) is 4.41. The van der Waals surface area contributed by atoms with Crippen LogP contribution in [0.2, 0.25) is 0 Å². The van der Waals surface area contributed by atoms with Gasteiger partial charge in [0.05, 0.1) is 7.11 Å². The first-order valence-electron chi connectivity index (χ1n) is 7.69. The lowest BCUT2D eigenvalue weighted by Crippen LogP contribution is -2.26. The summed E-state index contributed by atoms with van der Waals surface area (Å²) in [4.78, 5) is 0. The summed E-state index contributed by atoms with van der Waals surface area (Å²) in [6, 6.07) is 8.68. The third-order valence-electron chi connectivity index (χ3n) is 4.34. The molecule has 19 heavy (non-hydrogen) atoms. The fraction of sp³-hybridized carbons (Fsp3) is 0.647. The first-order valence-corrected chi connectivity index (χ1v) is 7.69. The molecule has 1 aromatic carbocycles. The third kappa shape index (κ3) is 3.97. The van der Waals surface area contributed by atoms with E-state index in [0.29, 0.717) is 5.92 Å². The second kappa shape index (κ2) is 7.54. The van der Waals surface area contributed by atoms with E-state index in [4.69, 9.17) is 4.74 Å². The molecular formula is C17H27NO. The Hall–Kier alpha value is -1.02. The van der Waals surface area contributed by atoms with E-state index in [-0.39, 0.29) is 0 Å². The van der Waals surface area contributed by atoms with Crippen LogP contribution < -0.4 is 10.1 Å². The number of hydrogen-bond donors (Lipinski definition) is 1. The van der Waals surface area contributed by atoms with Crippen LogP contribution in [0.15, 0.2) is 24.3 Å². The monoisotopic (exact) mass is 261 g/mol. The van der Waals surface area contributed by atoms with Gasteiger partial charge in [0.2, 0.25) is 0 Å². The molecule has 1 aromatic rings. The van der Waals surface area contributed by atoms with E-state index < -0.39 is 0 Å². The van der Waals surface area contributed by atoms with Gasteiger partial charge in [0, 0.05) is 0 Å². The molecule has 2 atom stereocenters. The lowest BCUT2D eigenvalue weighted by atomic mass is 9.82. The van der Waals surface area contributed by atoms with Gasteiger partial charge in [-0.2, -0.15) is 0 Å². The van der Waals surface area contributed by atoms with Crippen LogP contribution in [-0.4, -0.2) is 20.2 Å². The summed E-state index contributed by atoms with van der Waals surface area (Å²) in [5.41, 5.74) is 1.46. The van der Waals surface area contributed by atoms with Gasteiger partial charge >= 0.3 is 0 Å². The standard InChI is InChI=1S/C17H27NO/c1-3-18-13-15-8-5-4-6-11-17(15)14-9-7-10-16(12-14)19-2/h7,9-10,12,15,17-18H,3-6,8,11,13H2,1-2H3. The van der Waals surface area contributed by atoms with Crippen LogP contribution in [0, 0.1) is 5.92 Å². The van der Waals surface area contributed by atoms with Gasteiger partial charge in [-0.15, -0.1) is 0 Å². The lowest BCUT2D eigenvalue weighted by molar-refractivity contribution is 0.375. The summed E-state index contributed by atoms with van der Waals surface area (Å²) in [5, 5.41) is 3.54. The fourth-order valence-corrected chi connectivity index (χ4v) is 3.27. The van der Waals surface area contributed by atoms with Gasteiger partial charge in [-0.05, 0) is 55.5 Å². The van der Waals surface area contributed by atoms with E-state index in [9.17, 15) is 0 Å². The smallest absolute Gasteiger partial charge is 0.119 e. The number of benzene rings is 1. The molecule has 0 radical (unpaired) electrons. The molecule has 0 heterocycles. The SMILES string of the molecule is CCNCC1CCCCCC1c1cccc(OC)c1. The zero-order valence-corrected chi connectivity index (χ0v) is 12.3. The molecule has 1 saturated carbocycles. The van der Waals surface area contributed by atoms with Gasteiger partial charge in [0.1, 0.15) is 5.75 Å². The summed E-state index contributed by atoms with van der Waals surface area (Å²) >= 11 is 0. The molecule has 1 fully saturated rings. The van der Waals surface area contributed by atoms with Crippen molar-refractivity contribution in [3.8, 4) is 5.75 Å². The van der Waals surface area contributed by atoms with Crippen molar-refractivity contribution in [2.24, 2.45) is 5.92 Å². The van der Waals surface area contributed by atoms with E-state index in [2.05, 4.69) is 30.4 Å². The van der Waals surface area contributed by atoms with Crippen LogP contribution in [0.25, 0.3) is 0 Å². The van der Waals surface area contributed by atoms with Crippen molar-refractivity contribution in [2.75, 3.05) is 20.2 Å². The lowest BCUT2D eigenvalue weighted by Gasteiger charge is -2.26. The van der Waals surface area contributed by atoms with E-state index >= 15 is 0 Å². The highest BCUT2D eigenvalue weighted by Gasteiger charge is 2.24. The van der Waals surface area contributed by atoms with Gasteiger partial charge < -0.3 is 10.1 Å². The molecule has 2 rings (SSSR count). The van der Waals surface area contributed by atoms with Crippen molar-refractivity contribution >= 4 is 0 Å². The Labute approximate surface area is 117 Å². The molecule has 0 bridgehead atoms. The number of rotatable bonds is 5. The molecule has 106 valence electrons. The summed E-state index contributed by atoms with van der Waals surface area (Å²) < 4.78 is 5.38. The van der Waals surface area contributed by atoms with Crippen molar-refractivity contribution in [1.29, 1.82) is 0 Å². The highest BCUT2D eigenvalue weighted by Crippen LogP contribution is 2.37. The molecule has 0 saturated heterocycles. The average Bonchev–Trinajstić information content (AvgIpc) is 2.70. The van der Waals surface area contributed by atoms with Gasteiger partial charge in [0.15, 0.2) is 0 Å². The quantitative estimate of drug-likeness (QED) is 0.810. The largest absolute Gasteiger partial charge is 0.497 e. The van der Waals surface area contributed by atoms with Crippen molar-refractivity contribution in [3.05, 3.63) is 29.8 Å². The molecule has 1 aliphatic rings. The Kier molecular flexibility index (Phi) is 5.71. The van der Waals surface area contributed by atoms with Crippen LogP contribution >= 0.6 is 0 Å². The average molecular weight is 261 g/mol. The second-order valence-corrected chi connectivity index (χ2v) is 5.59. The minimum absolute atomic E-state index is 0.691. The van der Waals surface area contributed by atoms with Crippen LogP contribution in [-0.2, 0) is 0 Å². The van der Waals surface area contributed by atoms with E-state index in [0.717, 1.165) is 24.8 Å². The summed E-state index contributed by atoms with van der Waals surface area (Å²) in [7, 11) is 1.75. The predicted molar refractivity (Wildman–Crippen MR) is 80.9 cm³/mol. The Morgan fingerprint density at radius 2 is 2.05 bits per heavy atom. The van der Waals surface area contributed by atoms with Crippen LogP contribution in [0.3, 0.4) is 0 Å². The zero-order valence-electron chi connectivity index (χ0n) is 12.3. The van der Waals surface area contributed by atoms with Gasteiger partial charge in [-0.3, -0.25) is 0 Å². The third-order valence-corrected chi connectivity index (χ3v) is 4.34. The van der Waals surface area contributed by atoms with Gasteiger partial charge in [-0.25, -0.2) is 0 Å². The van der Waals surface area contributed by atoms with E-state index in [1.807, 2.05) is 6.07 Å². The van der Waals surface area contributed by atoms with E-state index in [1.165, 1.54) is 37.7 Å². The molecule has 0 amide bonds. The Balaban J connectivity index is 2.15. The number of methoxy groups -OCH3 is 1. The van der Waals surface area contributed by atoms with Gasteiger partial charge in [0.25, 0.3) is 0 Å². The van der Waals surface area contributed by atoms with Crippen LogP contribution in [0.1, 0.15) is 50.5 Å². The van der Waals surface area contributed by atoms with E-state index in [1.54, 1.807) is 7.11 Å². The van der Waals surface area contributed by atoms with Crippen LogP contribution in [0.5, 0.6) is 5.75 Å². The molecule has 0 spiro atoms. The maximum Gasteiger partial charge on any atom is 0.119 e. The van der Waals surface area contributed by atoms with Crippen molar-refractivity contribution in [1.82, 2.24) is 5.32 Å². The highest BCUT2D eigenvalue weighted by atomic mass is 16.5. The summed E-state index contributed by atoms with van der Waals surface area (Å²) in [5.74, 6) is 2.45. The Morgan fingerprint density at radius 3 is 2.84 bits per heavy atom. The molecular weight excluding hydrogens is 234 g/mol. The van der Waals surface area contributed by atoms with Crippen molar-refractivity contribution in [3.63, 3.8) is 0 Å². The first kappa shape index (κ1) is 14.4. The Bertz CT molecular complexity index is 377. The molecule has 0 aliphatic heterocycles. The number of ether oxygens (including phenoxy) is 1. The van der Waals surface area contributed by atoms with Crippen LogP contribution in [0.4, 0.5) is 0 Å². The minimum atomic E-state index is 0.691. The van der Waals surface area contributed by atoms with Crippen molar-refractivity contribution < 1.29 is 4.74 Å². The normalized spacial score (nSPS) is 23.9. The molecule has 2 nitrogen and oxygen atoms in total. The first-order chi connectivity index (χ1) is 9.35. The fourth-order valence-electron chi connectivity index (χ4n) is 3.27. The predicted octanol–water partition coefficient (Wildman–Crippen LogP) is 3.97. The molecule has 0 aromatic heterocycles. The topological polar surface area (TPSA) is 21.3 Å². The summed E-state index contributed by atoms with van der Waals surface area (Å²) in [6.07, 6.45) is 6.82. The number of nitrogens with one attached hydrogen (secondary N) is 1. The van der Waals surface area contributed by atoms with Crippen molar-refractivity contribution in [2.45, 2.75) is 44.9 Å². The maximum absolute atomic E-state index is 5.38. The minimum Gasteiger partial charge on any atom is -0.497 e.